The summed E-state index contributed by atoms with van der Waals surface area (Å²) in [6, 6.07) is 12.1. The van der Waals surface area contributed by atoms with Gasteiger partial charge < -0.3 is 5.11 Å². The van der Waals surface area contributed by atoms with Crippen molar-refractivity contribution in [2.75, 3.05) is 13.1 Å². The third kappa shape index (κ3) is 3.59. The third-order valence-electron chi connectivity index (χ3n) is 4.25. The van der Waals surface area contributed by atoms with Crippen LogP contribution in [0.25, 0.3) is 0 Å². The van der Waals surface area contributed by atoms with Gasteiger partial charge >= 0.3 is 12.1 Å². The van der Waals surface area contributed by atoms with Crippen LogP contribution in [0.5, 0.6) is 0 Å². The molecular weight excluding hydrogens is 319 g/mol. The predicted octanol–water partition coefficient (Wildman–Crippen LogP) is 4.00. The van der Waals surface area contributed by atoms with Crippen LogP contribution in [0.15, 0.2) is 48.5 Å². The van der Waals surface area contributed by atoms with Crippen molar-refractivity contribution in [2.45, 2.75) is 18.6 Å². The second kappa shape index (κ2) is 6.28. The number of carboxylic acid groups (broad SMARTS) is 1. The number of halogens is 3. The molecule has 1 aliphatic rings. The van der Waals surface area contributed by atoms with Gasteiger partial charge in [0.15, 0.2) is 0 Å². The minimum Gasteiger partial charge on any atom is -0.478 e. The van der Waals surface area contributed by atoms with E-state index in [1.165, 1.54) is 12.1 Å². The number of hydrogen-bond donors (Lipinski definition) is 1. The SMILES string of the molecule is O=C(O)c1ccc(CN2CC(c3cccc(C(F)(F)F)c3)C2)cc1. The van der Waals surface area contributed by atoms with E-state index < -0.39 is 17.7 Å². The lowest BCUT2D eigenvalue weighted by molar-refractivity contribution is -0.137. The summed E-state index contributed by atoms with van der Waals surface area (Å²) in [6.45, 7) is 2.05. The van der Waals surface area contributed by atoms with E-state index in [1.54, 1.807) is 30.3 Å². The Morgan fingerprint density at radius 3 is 2.38 bits per heavy atom. The quantitative estimate of drug-likeness (QED) is 0.918. The summed E-state index contributed by atoms with van der Waals surface area (Å²) in [6.07, 6.45) is -4.31. The summed E-state index contributed by atoms with van der Waals surface area (Å²) in [5, 5.41) is 8.86. The highest BCUT2D eigenvalue weighted by molar-refractivity contribution is 5.87. The monoisotopic (exact) mass is 335 g/mol. The zero-order chi connectivity index (χ0) is 17.3. The first-order valence-corrected chi connectivity index (χ1v) is 7.54. The van der Waals surface area contributed by atoms with Gasteiger partial charge in [-0.1, -0.05) is 30.3 Å². The molecule has 0 aromatic heterocycles. The molecule has 1 saturated heterocycles. The maximum absolute atomic E-state index is 12.8. The van der Waals surface area contributed by atoms with Crippen LogP contribution in [0, 0.1) is 0 Å². The lowest BCUT2D eigenvalue weighted by Gasteiger charge is -2.39. The molecule has 3 rings (SSSR count). The lowest BCUT2D eigenvalue weighted by Crippen LogP contribution is -2.44. The van der Waals surface area contributed by atoms with Gasteiger partial charge in [-0.3, -0.25) is 4.90 Å². The van der Waals surface area contributed by atoms with Crippen molar-refractivity contribution < 1.29 is 23.1 Å². The number of aromatic carboxylic acids is 1. The van der Waals surface area contributed by atoms with E-state index in [4.69, 9.17) is 5.11 Å². The summed E-state index contributed by atoms with van der Waals surface area (Å²) < 4.78 is 38.3. The zero-order valence-corrected chi connectivity index (χ0v) is 12.8. The molecular formula is C18H16F3NO2. The number of rotatable bonds is 4. The number of likely N-dealkylation sites (tertiary alicyclic amines) is 1. The van der Waals surface area contributed by atoms with Crippen LogP contribution in [0.4, 0.5) is 13.2 Å². The molecule has 0 atom stereocenters. The first-order valence-electron chi connectivity index (χ1n) is 7.54. The van der Waals surface area contributed by atoms with E-state index in [0.29, 0.717) is 25.2 Å². The van der Waals surface area contributed by atoms with Gasteiger partial charge in [-0.2, -0.15) is 13.2 Å². The van der Waals surface area contributed by atoms with E-state index >= 15 is 0 Å². The molecule has 1 fully saturated rings. The second-order valence-electron chi connectivity index (χ2n) is 6.02. The average Bonchev–Trinajstić information content (AvgIpc) is 2.50. The van der Waals surface area contributed by atoms with E-state index in [9.17, 15) is 18.0 Å². The van der Waals surface area contributed by atoms with Gasteiger partial charge in [0.05, 0.1) is 11.1 Å². The molecule has 24 heavy (non-hydrogen) atoms. The fraction of sp³-hybridized carbons (Fsp3) is 0.278. The van der Waals surface area contributed by atoms with Gasteiger partial charge in [0.2, 0.25) is 0 Å². The Labute approximate surface area is 137 Å². The highest BCUT2D eigenvalue weighted by atomic mass is 19.4. The van der Waals surface area contributed by atoms with Crippen molar-refractivity contribution in [2.24, 2.45) is 0 Å². The molecule has 6 heteroatoms. The number of hydrogen-bond acceptors (Lipinski definition) is 2. The molecule has 2 aromatic carbocycles. The number of nitrogens with zero attached hydrogens (tertiary/aromatic N) is 1. The van der Waals surface area contributed by atoms with Crippen molar-refractivity contribution >= 4 is 5.97 Å². The van der Waals surface area contributed by atoms with Gasteiger partial charge in [-0.05, 0) is 29.3 Å². The summed E-state index contributed by atoms with van der Waals surface area (Å²) in [7, 11) is 0. The molecule has 126 valence electrons. The number of alkyl halides is 3. The van der Waals surface area contributed by atoms with Crippen molar-refractivity contribution in [1.82, 2.24) is 4.90 Å². The van der Waals surface area contributed by atoms with E-state index in [1.807, 2.05) is 0 Å². The van der Waals surface area contributed by atoms with Crippen molar-refractivity contribution in [3.05, 3.63) is 70.8 Å². The van der Waals surface area contributed by atoms with Crippen LogP contribution in [-0.2, 0) is 12.7 Å². The Hall–Kier alpha value is -2.34. The average molecular weight is 335 g/mol. The Kier molecular flexibility index (Phi) is 4.32. The fourth-order valence-electron chi connectivity index (χ4n) is 2.89. The molecule has 0 aliphatic carbocycles. The van der Waals surface area contributed by atoms with Gasteiger partial charge in [0.25, 0.3) is 0 Å². The Morgan fingerprint density at radius 1 is 1.12 bits per heavy atom. The van der Waals surface area contributed by atoms with Gasteiger partial charge in [-0.25, -0.2) is 4.79 Å². The predicted molar refractivity (Wildman–Crippen MR) is 82.9 cm³/mol. The Balaban J connectivity index is 1.58. The first kappa shape index (κ1) is 16.5. The first-order chi connectivity index (χ1) is 11.3. The molecule has 3 nitrogen and oxygen atoms in total. The van der Waals surface area contributed by atoms with Crippen LogP contribution in [0.1, 0.15) is 33.0 Å². The van der Waals surface area contributed by atoms with E-state index in [-0.39, 0.29) is 11.5 Å². The van der Waals surface area contributed by atoms with Crippen molar-refractivity contribution in [3.63, 3.8) is 0 Å². The van der Waals surface area contributed by atoms with Crippen molar-refractivity contribution in [3.8, 4) is 0 Å². The summed E-state index contributed by atoms with van der Waals surface area (Å²) in [5.41, 5.74) is 1.33. The second-order valence-corrected chi connectivity index (χ2v) is 6.02. The highest BCUT2D eigenvalue weighted by Gasteiger charge is 2.33. The topological polar surface area (TPSA) is 40.5 Å². The molecule has 1 heterocycles. The zero-order valence-electron chi connectivity index (χ0n) is 12.8. The van der Waals surface area contributed by atoms with Crippen molar-refractivity contribution in [1.29, 1.82) is 0 Å². The standard InChI is InChI=1S/C18H16F3NO2/c19-18(20,21)16-3-1-2-14(8-16)15-10-22(11-15)9-12-4-6-13(7-5-12)17(23)24/h1-8,15H,9-11H2,(H,23,24). The summed E-state index contributed by atoms with van der Waals surface area (Å²) in [4.78, 5) is 12.9. The summed E-state index contributed by atoms with van der Waals surface area (Å²) >= 11 is 0. The molecule has 0 amide bonds. The smallest absolute Gasteiger partial charge is 0.416 e. The summed E-state index contributed by atoms with van der Waals surface area (Å²) in [5.74, 6) is -0.860. The molecule has 2 aromatic rings. The molecule has 0 unspecified atom stereocenters. The number of carboxylic acids is 1. The van der Waals surface area contributed by atoms with E-state index in [2.05, 4.69) is 4.90 Å². The van der Waals surface area contributed by atoms with E-state index in [0.717, 1.165) is 11.6 Å². The fourth-order valence-corrected chi connectivity index (χ4v) is 2.89. The van der Waals surface area contributed by atoms with Gasteiger partial charge in [0, 0.05) is 25.6 Å². The molecule has 1 N–H and O–H groups in total. The Morgan fingerprint density at radius 2 is 1.79 bits per heavy atom. The van der Waals surface area contributed by atoms with Crippen LogP contribution in [0.2, 0.25) is 0 Å². The largest absolute Gasteiger partial charge is 0.478 e. The van der Waals surface area contributed by atoms with Crippen LogP contribution in [-0.4, -0.2) is 29.1 Å². The van der Waals surface area contributed by atoms with Gasteiger partial charge in [0.1, 0.15) is 0 Å². The maximum atomic E-state index is 12.8. The van der Waals surface area contributed by atoms with Crippen LogP contribution >= 0.6 is 0 Å². The lowest BCUT2D eigenvalue weighted by atomic mass is 9.90. The highest BCUT2D eigenvalue weighted by Crippen LogP contribution is 2.34. The normalized spacial score (nSPS) is 16.0. The molecule has 0 spiro atoms. The number of benzene rings is 2. The van der Waals surface area contributed by atoms with Gasteiger partial charge in [-0.15, -0.1) is 0 Å². The third-order valence-corrected chi connectivity index (χ3v) is 4.25. The minimum absolute atomic E-state index is 0.102. The Bertz CT molecular complexity index is 735. The van der Waals surface area contributed by atoms with Crippen LogP contribution < -0.4 is 0 Å². The number of carbonyl (C=O) groups is 1. The minimum atomic E-state index is -4.31. The molecule has 0 bridgehead atoms. The maximum Gasteiger partial charge on any atom is 0.416 e. The molecule has 1 aliphatic heterocycles. The van der Waals surface area contributed by atoms with Crippen LogP contribution in [0.3, 0.4) is 0 Å². The molecule has 0 saturated carbocycles. The molecule has 0 radical (unpaired) electrons.